The van der Waals surface area contributed by atoms with Crippen molar-refractivity contribution in [2.24, 2.45) is 0 Å². The third-order valence-corrected chi connectivity index (χ3v) is 1.84. The molecule has 76 valence electrons. The maximum absolute atomic E-state index is 11.1. The van der Waals surface area contributed by atoms with Crippen LogP contribution in [0.2, 0.25) is 0 Å². The number of hydrogen-bond donors (Lipinski definition) is 1. The summed E-state index contributed by atoms with van der Waals surface area (Å²) >= 11 is 0. The van der Waals surface area contributed by atoms with Gasteiger partial charge in [0.25, 0.3) is 0 Å². The first-order valence-electron chi connectivity index (χ1n) is 4.62. The van der Waals surface area contributed by atoms with Gasteiger partial charge in [0.1, 0.15) is 5.76 Å². The molecular weight excluding hydrogens is 180 g/mol. The highest BCUT2D eigenvalue weighted by Gasteiger charge is 1.94. The molecule has 14 heavy (non-hydrogen) atoms. The van der Waals surface area contributed by atoms with Gasteiger partial charge in [0.05, 0.1) is 0 Å². The number of rotatable bonds is 4. The Balaban J connectivity index is 2.64. The first kappa shape index (κ1) is 10.7. The van der Waals surface area contributed by atoms with E-state index in [0.717, 1.165) is 12.8 Å². The van der Waals surface area contributed by atoms with Gasteiger partial charge in [-0.1, -0.05) is 6.08 Å². The van der Waals surface area contributed by atoms with Gasteiger partial charge < -0.3 is 9.52 Å². The molecule has 3 heteroatoms. The van der Waals surface area contributed by atoms with E-state index >= 15 is 0 Å². The summed E-state index contributed by atoms with van der Waals surface area (Å²) in [4.78, 5) is 11.1. The number of aliphatic hydroxyl groups excluding tert-OH is 1. The summed E-state index contributed by atoms with van der Waals surface area (Å²) in [6.07, 6.45) is 5.14. The smallest absolute Gasteiger partial charge is 0.339 e. The zero-order valence-corrected chi connectivity index (χ0v) is 8.19. The maximum atomic E-state index is 11.1. The fourth-order valence-corrected chi connectivity index (χ4v) is 0.995. The van der Waals surface area contributed by atoms with E-state index in [4.69, 9.17) is 9.52 Å². The highest BCUT2D eigenvalue weighted by molar-refractivity contribution is 5.41. The quantitative estimate of drug-likeness (QED) is 0.742. The number of aryl methyl sites for hydroxylation is 1. The van der Waals surface area contributed by atoms with Crippen molar-refractivity contribution < 1.29 is 9.52 Å². The molecule has 0 bridgehead atoms. The highest BCUT2D eigenvalue weighted by atomic mass is 16.4. The zero-order valence-electron chi connectivity index (χ0n) is 8.19. The molecule has 1 aromatic heterocycles. The van der Waals surface area contributed by atoms with Crippen LogP contribution in [0.15, 0.2) is 27.4 Å². The second-order valence-electron chi connectivity index (χ2n) is 3.08. The van der Waals surface area contributed by atoms with Crippen LogP contribution in [0.3, 0.4) is 0 Å². The van der Waals surface area contributed by atoms with Crippen LogP contribution >= 0.6 is 0 Å². The van der Waals surface area contributed by atoms with Crippen molar-refractivity contribution in [3.8, 4) is 0 Å². The minimum atomic E-state index is -0.297. The van der Waals surface area contributed by atoms with Gasteiger partial charge in [-0.2, -0.15) is 0 Å². The summed E-state index contributed by atoms with van der Waals surface area (Å²) in [5.74, 6) is 0.554. The van der Waals surface area contributed by atoms with E-state index in [0.29, 0.717) is 11.3 Å². The van der Waals surface area contributed by atoms with Gasteiger partial charge in [-0.05, 0) is 38.0 Å². The monoisotopic (exact) mass is 194 g/mol. The van der Waals surface area contributed by atoms with Crippen LogP contribution in [-0.2, 0) is 0 Å². The molecule has 0 aliphatic carbocycles. The molecule has 1 aromatic rings. The molecule has 0 amide bonds. The number of hydrogen-bond acceptors (Lipinski definition) is 3. The lowest BCUT2D eigenvalue weighted by Gasteiger charge is -1.93. The van der Waals surface area contributed by atoms with E-state index in [1.807, 2.05) is 6.08 Å². The van der Waals surface area contributed by atoms with Gasteiger partial charge in [-0.15, -0.1) is 0 Å². The van der Waals surface area contributed by atoms with Gasteiger partial charge in [0.2, 0.25) is 0 Å². The molecule has 0 aliphatic heterocycles. The lowest BCUT2D eigenvalue weighted by molar-refractivity contribution is 0.289. The third-order valence-electron chi connectivity index (χ3n) is 1.84. The topological polar surface area (TPSA) is 50.4 Å². The van der Waals surface area contributed by atoms with Crippen molar-refractivity contribution in [2.45, 2.75) is 19.8 Å². The molecule has 0 spiro atoms. The predicted octanol–water partition coefficient (Wildman–Crippen LogP) is 1.73. The van der Waals surface area contributed by atoms with Gasteiger partial charge in [-0.3, -0.25) is 0 Å². The van der Waals surface area contributed by atoms with Crippen LogP contribution in [-0.4, -0.2) is 11.7 Å². The van der Waals surface area contributed by atoms with Gasteiger partial charge in [-0.25, -0.2) is 4.79 Å². The average Bonchev–Trinajstić information content (AvgIpc) is 2.18. The summed E-state index contributed by atoms with van der Waals surface area (Å²) in [5, 5.41) is 8.54. The Morgan fingerprint density at radius 3 is 2.93 bits per heavy atom. The van der Waals surface area contributed by atoms with Crippen molar-refractivity contribution in [2.75, 3.05) is 6.61 Å². The van der Waals surface area contributed by atoms with Gasteiger partial charge in [0.15, 0.2) is 0 Å². The van der Waals surface area contributed by atoms with Crippen molar-refractivity contribution in [1.29, 1.82) is 0 Å². The lowest BCUT2D eigenvalue weighted by atomic mass is 10.2. The molecule has 0 unspecified atom stereocenters. The van der Waals surface area contributed by atoms with Gasteiger partial charge >= 0.3 is 5.63 Å². The minimum absolute atomic E-state index is 0.183. The van der Waals surface area contributed by atoms with Gasteiger partial charge in [0, 0.05) is 12.2 Å². The molecule has 3 nitrogen and oxygen atoms in total. The van der Waals surface area contributed by atoms with E-state index in [9.17, 15) is 4.79 Å². The van der Waals surface area contributed by atoms with Crippen LogP contribution in [0, 0.1) is 6.92 Å². The molecular formula is C11H14O3. The third kappa shape index (κ3) is 3.18. The first-order valence-corrected chi connectivity index (χ1v) is 4.62. The Labute approximate surface area is 82.7 Å². The zero-order chi connectivity index (χ0) is 10.4. The number of unbranched alkanes of at least 4 members (excludes halogenated alkanes) is 1. The highest BCUT2D eigenvalue weighted by Crippen LogP contribution is 2.02. The second-order valence-corrected chi connectivity index (χ2v) is 3.08. The van der Waals surface area contributed by atoms with Crippen LogP contribution in [0.5, 0.6) is 0 Å². The Bertz CT molecular complexity index is 363. The average molecular weight is 194 g/mol. The first-order chi connectivity index (χ1) is 6.74. The fraction of sp³-hybridized carbons (Fsp3) is 0.364. The van der Waals surface area contributed by atoms with Crippen LogP contribution in [0.25, 0.3) is 6.08 Å². The Morgan fingerprint density at radius 2 is 2.29 bits per heavy atom. The fourth-order valence-electron chi connectivity index (χ4n) is 0.995. The number of allylic oxidation sites excluding steroid dienone is 1. The number of aliphatic hydroxyl groups is 1. The molecule has 0 aromatic carbocycles. The molecule has 0 saturated carbocycles. The molecule has 0 saturated heterocycles. The summed E-state index contributed by atoms with van der Waals surface area (Å²) in [5.41, 5.74) is 0.312. The summed E-state index contributed by atoms with van der Waals surface area (Å²) in [6.45, 7) is 1.90. The molecule has 0 fully saturated rings. The molecule has 1 heterocycles. The predicted molar refractivity (Wildman–Crippen MR) is 55.1 cm³/mol. The SMILES string of the molecule is Cc1ccc(/C=C/CCCO)oc1=O. The minimum Gasteiger partial charge on any atom is -0.423 e. The summed E-state index contributed by atoms with van der Waals surface area (Å²) < 4.78 is 4.98. The van der Waals surface area contributed by atoms with Crippen LogP contribution < -0.4 is 5.63 Å². The Hall–Kier alpha value is -1.35. The molecule has 0 atom stereocenters. The van der Waals surface area contributed by atoms with Crippen LogP contribution in [0.4, 0.5) is 0 Å². The largest absolute Gasteiger partial charge is 0.423 e. The molecule has 0 radical (unpaired) electrons. The normalized spacial score (nSPS) is 11.0. The van der Waals surface area contributed by atoms with E-state index in [1.54, 1.807) is 25.1 Å². The van der Waals surface area contributed by atoms with Crippen molar-refractivity contribution in [3.63, 3.8) is 0 Å². The van der Waals surface area contributed by atoms with E-state index < -0.39 is 0 Å². The Kier molecular flexibility index (Phi) is 4.13. The maximum Gasteiger partial charge on any atom is 0.339 e. The summed E-state index contributed by atoms with van der Waals surface area (Å²) in [6, 6.07) is 3.49. The van der Waals surface area contributed by atoms with E-state index in [-0.39, 0.29) is 12.2 Å². The van der Waals surface area contributed by atoms with Crippen molar-refractivity contribution in [1.82, 2.24) is 0 Å². The van der Waals surface area contributed by atoms with Crippen molar-refractivity contribution >= 4 is 6.08 Å². The second kappa shape index (κ2) is 5.40. The van der Waals surface area contributed by atoms with Crippen LogP contribution in [0.1, 0.15) is 24.2 Å². The molecule has 1 rings (SSSR count). The standard InChI is InChI=1S/C11H14O3/c1-9-6-7-10(14-11(9)13)5-3-2-4-8-12/h3,5-7,12H,2,4,8H2,1H3/b5-3+. The Morgan fingerprint density at radius 1 is 1.50 bits per heavy atom. The van der Waals surface area contributed by atoms with E-state index in [2.05, 4.69) is 0 Å². The van der Waals surface area contributed by atoms with Crippen molar-refractivity contribution in [3.05, 3.63) is 40.0 Å². The lowest BCUT2D eigenvalue weighted by Crippen LogP contribution is -2.02. The molecule has 0 aliphatic rings. The van der Waals surface area contributed by atoms with E-state index in [1.165, 1.54) is 0 Å². The molecule has 1 N–H and O–H groups in total. The summed E-state index contributed by atoms with van der Waals surface area (Å²) in [7, 11) is 0.